The molecule has 0 aliphatic heterocycles. The predicted molar refractivity (Wildman–Crippen MR) is 226 cm³/mol. The zero-order valence-corrected chi connectivity index (χ0v) is 34.7. The minimum absolute atomic E-state index is 0.0109. The van der Waals surface area contributed by atoms with Crippen LogP contribution in [0.4, 0.5) is 5.13 Å². The molecule has 9 nitrogen and oxygen atoms in total. The topological polar surface area (TPSA) is 120 Å². The highest BCUT2D eigenvalue weighted by Gasteiger charge is 2.29. The van der Waals surface area contributed by atoms with E-state index in [9.17, 15) is 24.8 Å². The second kappa shape index (κ2) is 19.5. The standard InChI is InChI=1S/C45H57N5O4S/c1-10-14-19-34(12-3)27-48(28-35(13-4)20-15-11-2)45-47-41(40-30(6)23-29(5)24-31(40)7)39(55-45)25-37-32(8)38(26-46)44(54)50(43(37)53)49(33(9)51)42(52)36-21-17-16-18-22-36/h16-18,21-25,34-35,54H,8,10-15,19-20,27-28H2,1-7,9H3/b37-25-. The molecular formula is C45H57N5O4S. The van der Waals surface area contributed by atoms with Gasteiger partial charge < -0.3 is 10.0 Å². The minimum atomic E-state index is -0.868. The van der Waals surface area contributed by atoms with Gasteiger partial charge in [0.25, 0.3) is 11.5 Å². The molecule has 0 aliphatic carbocycles. The van der Waals surface area contributed by atoms with Crippen molar-refractivity contribution < 1.29 is 14.7 Å². The van der Waals surface area contributed by atoms with Crippen molar-refractivity contribution in [2.75, 3.05) is 23.0 Å². The maximum absolute atomic E-state index is 14.6. The second-order valence-electron chi connectivity index (χ2n) is 14.7. The van der Waals surface area contributed by atoms with Gasteiger partial charge in [0.15, 0.2) is 5.13 Å². The number of pyridine rings is 1. The van der Waals surface area contributed by atoms with E-state index in [2.05, 4.69) is 72.1 Å². The molecule has 4 aromatic rings. The van der Waals surface area contributed by atoms with Gasteiger partial charge in [-0.2, -0.15) is 14.9 Å². The molecule has 2 amide bonds. The van der Waals surface area contributed by atoms with E-state index in [0.717, 1.165) is 98.8 Å². The van der Waals surface area contributed by atoms with Crippen LogP contribution in [0.25, 0.3) is 23.9 Å². The molecule has 0 saturated heterocycles. The molecule has 2 aromatic heterocycles. The molecule has 55 heavy (non-hydrogen) atoms. The van der Waals surface area contributed by atoms with Crippen LogP contribution in [0.2, 0.25) is 0 Å². The third-order valence-corrected chi connectivity index (χ3v) is 11.5. The monoisotopic (exact) mass is 763 g/mol. The SMILES string of the molecule is C=c1c(C#N)c(O)n(N(C(C)=O)C(=O)c2ccccc2)c(=O)/c1=C\c1sc(N(CC(CC)CCCC)CC(CC)CCCC)nc1-c1c(C)cc(C)cc1C. The number of imide groups is 1. The van der Waals surface area contributed by atoms with Crippen LogP contribution >= 0.6 is 11.3 Å². The van der Waals surface area contributed by atoms with Crippen molar-refractivity contribution in [2.24, 2.45) is 11.8 Å². The van der Waals surface area contributed by atoms with E-state index in [1.165, 1.54) is 23.5 Å². The molecule has 2 unspecified atom stereocenters. The molecule has 0 bridgehead atoms. The highest BCUT2D eigenvalue weighted by atomic mass is 32.1. The fourth-order valence-electron chi connectivity index (χ4n) is 7.35. The van der Waals surface area contributed by atoms with Gasteiger partial charge in [0, 0.05) is 36.4 Å². The number of anilines is 1. The first-order valence-corrected chi connectivity index (χ1v) is 20.5. The maximum Gasteiger partial charge on any atom is 0.280 e. The first-order valence-electron chi connectivity index (χ1n) is 19.6. The maximum atomic E-state index is 14.6. The summed E-state index contributed by atoms with van der Waals surface area (Å²) in [5, 5.41) is 22.9. The lowest BCUT2D eigenvalue weighted by atomic mass is 9.96. The molecule has 4 rings (SSSR count). The molecule has 292 valence electrons. The zero-order chi connectivity index (χ0) is 40.4. The average Bonchev–Trinajstić information content (AvgIpc) is 3.57. The van der Waals surface area contributed by atoms with Gasteiger partial charge in [-0.05, 0) is 74.8 Å². The van der Waals surface area contributed by atoms with Crippen LogP contribution in [-0.4, -0.2) is 39.7 Å². The van der Waals surface area contributed by atoms with Gasteiger partial charge in [-0.15, -0.1) is 0 Å². The van der Waals surface area contributed by atoms with Crippen LogP contribution < -0.4 is 25.9 Å². The van der Waals surface area contributed by atoms with E-state index in [0.29, 0.717) is 32.1 Å². The lowest BCUT2D eigenvalue weighted by Gasteiger charge is -2.30. The fraction of sp³-hybridized carbons (Fsp3) is 0.444. The molecule has 0 saturated carbocycles. The number of thiazole rings is 1. The van der Waals surface area contributed by atoms with Gasteiger partial charge >= 0.3 is 0 Å². The lowest BCUT2D eigenvalue weighted by Crippen LogP contribution is -2.56. The number of rotatable bonds is 17. The van der Waals surface area contributed by atoms with Crippen LogP contribution in [0.5, 0.6) is 5.88 Å². The summed E-state index contributed by atoms with van der Waals surface area (Å²) >= 11 is 1.48. The Bertz CT molecular complexity index is 2160. The third-order valence-electron chi connectivity index (χ3n) is 10.4. The quantitative estimate of drug-likeness (QED) is 0.115. The molecule has 10 heteroatoms. The number of amides is 2. The summed E-state index contributed by atoms with van der Waals surface area (Å²) in [5.74, 6) is -1.52. The number of benzene rings is 2. The largest absolute Gasteiger partial charge is 0.492 e. The summed E-state index contributed by atoms with van der Waals surface area (Å²) in [6, 6.07) is 14.2. The fourth-order valence-corrected chi connectivity index (χ4v) is 8.38. The zero-order valence-electron chi connectivity index (χ0n) is 33.9. The Hall–Kier alpha value is -5.01. The third kappa shape index (κ3) is 9.81. The van der Waals surface area contributed by atoms with Crippen molar-refractivity contribution in [2.45, 2.75) is 107 Å². The van der Waals surface area contributed by atoms with E-state index in [4.69, 9.17) is 4.98 Å². The van der Waals surface area contributed by atoms with E-state index in [1.807, 2.05) is 6.07 Å². The molecule has 2 heterocycles. The highest BCUT2D eigenvalue weighted by molar-refractivity contribution is 7.16. The molecule has 0 spiro atoms. The number of carbonyl (C=O) groups excluding carboxylic acids is 2. The number of hydrogen-bond donors (Lipinski definition) is 1. The number of aromatic nitrogens is 2. The van der Waals surface area contributed by atoms with Gasteiger partial charge in [-0.3, -0.25) is 14.4 Å². The summed E-state index contributed by atoms with van der Waals surface area (Å²) in [6.07, 6.45) is 10.6. The Morgan fingerprint density at radius 3 is 2.04 bits per heavy atom. The summed E-state index contributed by atoms with van der Waals surface area (Å²) < 4.78 is 0.589. The Morgan fingerprint density at radius 2 is 1.55 bits per heavy atom. The van der Waals surface area contributed by atoms with Gasteiger partial charge in [-0.1, -0.05) is 120 Å². The first kappa shape index (κ1) is 42.7. The number of nitrogens with zero attached hydrogens (tertiary/aromatic N) is 5. The summed E-state index contributed by atoms with van der Waals surface area (Å²) in [6.45, 7) is 22.0. The highest BCUT2D eigenvalue weighted by Crippen LogP contribution is 2.38. The average molecular weight is 764 g/mol. The molecule has 0 radical (unpaired) electrons. The normalized spacial score (nSPS) is 12.7. The summed E-state index contributed by atoms with van der Waals surface area (Å²) in [7, 11) is 0. The van der Waals surface area contributed by atoms with Crippen molar-refractivity contribution in [1.29, 1.82) is 5.26 Å². The second-order valence-corrected chi connectivity index (χ2v) is 15.7. The van der Waals surface area contributed by atoms with E-state index in [-0.39, 0.29) is 21.6 Å². The predicted octanol–water partition coefficient (Wildman–Crippen LogP) is 8.28. The van der Waals surface area contributed by atoms with Crippen LogP contribution in [0, 0.1) is 43.9 Å². The molecule has 0 aliphatic rings. The first-order chi connectivity index (χ1) is 26.3. The van der Waals surface area contributed by atoms with E-state index >= 15 is 0 Å². The van der Waals surface area contributed by atoms with Crippen LogP contribution in [0.15, 0.2) is 47.3 Å². The molecule has 1 N–H and O–H groups in total. The van der Waals surface area contributed by atoms with Gasteiger partial charge in [0.2, 0.25) is 11.8 Å². The molecular weight excluding hydrogens is 707 g/mol. The van der Waals surface area contributed by atoms with Crippen molar-refractivity contribution in [3.05, 3.63) is 96.0 Å². The Morgan fingerprint density at radius 1 is 0.982 bits per heavy atom. The number of hydrogen-bond acceptors (Lipinski definition) is 8. The molecule has 2 aromatic carbocycles. The number of unbranched alkanes of at least 4 members (excludes halogenated alkanes) is 2. The molecule has 0 fully saturated rings. The number of carbonyl (C=O) groups is 2. The van der Waals surface area contributed by atoms with Crippen molar-refractivity contribution in [3.63, 3.8) is 0 Å². The number of aryl methyl sites for hydroxylation is 3. The smallest absolute Gasteiger partial charge is 0.280 e. The number of aromatic hydroxyl groups is 1. The summed E-state index contributed by atoms with van der Waals surface area (Å²) in [4.78, 5) is 49.9. The Kier molecular flexibility index (Phi) is 15.2. The Balaban J connectivity index is 2.07. The van der Waals surface area contributed by atoms with Crippen molar-refractivity contribution >= 4 is 40.9 Å². The van der Waals surface area contributed by atoms with E-state index in [1.54, 1.807) is 24.3 Å². The van der Waals surface area contributed by atoms with Crippen LogP contribution in [0.1, 0.15) is 123 Å². The lowest BCUT2D eigenvalue weighted by molar-refractivity contribution is -0.117. The molecule has 2 atom stereocenters. The van der Waals surface area contributed by atoms with Crippen LogP contribution in [0.3, 0.4) is 0 Å². The van der Waals surface area contributed by atoms with E-state index < -0.39 is 23.3 Å². The Labute approximate surface area is 330 Å². The van der Waals surface area contributed by atoms with Gasteiger partial charge in [-0.25, -0.2) is 4.98 Å². The van der Waals surface area contributed by atoms with Crippen molar-refractivity contribution in [1.82, 2.24) is 9.66 Å². The summed E-state index contributed by atoms with van der Waals surface area (Å²) in [5.41, 5.74) is 3.77. The van der Waals surface area contributed by atoms with Gasteiger partial charge in [0.1, 0.15) is 11.6 Å². The van der Waals surface area contributed by atoms with Crippen molar-refractivity contribution in [3.8, 4) is 23.2 Å². The van der Waals surface area contributed by atoms with Crippen LogP contribution in [-0.2, 0) is 4.79 Å². The minimum Gasteiger partial charge on any atom is -0.492 e. The number of nitriles is 1. The van der Waals surface area contributed by atoms with Gasteiger partial charge in [0.05, 0.1) is 15.8 Å².